The highest BCUT2D eigenvalue weighted by Gasteiger charge is 2.13. The first-order chi connectivity index (χ1) is 8.72. The number of ether oxygens (including phenoxy) is 1. The van der Waals surface area contributed by atoms with E-state index < -0.39 is 0 Å². The molecule has 1 unspecified atom stereocenters. The smallest absolute Gasteiger partial charge is 0.129 e. The van der Waals surface area contributed by atoms with Gasteiger partial charge in [0.1, 0.15) is 5.75 Å². The molecule has 1 N–H and O–H groups in total. The fraction of sp³-hybridized carbons (Fsp3) is 0.286. The first-order valence-corrected chi connectivity index (χ1v) is 7.03. The van der Waals surface area contributed by atoms with E-state index in [4.69, 9.17) is 16.3 Å². The first-order valence-electron chi connectivity index (χ1n) is 5.77. The summed E-state index contributed by atoms with van der Waals surface area (Å²) in [7, 11) is 3.67. The average molecular weight is 282 g/mol. The Labute approximate surface area is 117 Å². The zero-order chi connectivity index (χ0) is 13.0. The number of likely N-dealkylation sites (N-methyl/N-ethyl adjacent to an activating group) is 1. The maximum absolute atomic E-state index is 6.01. The van der Waals surface area contributed by atoms with Crippen molar-refractivity contribution in [2.45, 2.75) is 12.5 Å². The third-order valence-electron chi connectivity index (χ3n) is 2.85. The van der Waals surface area contributed by atoms with Crippen molar-refractivity contribution in [2.24, 2.45) is 0 Å². The van der Waals surface area contributed by atoms with Crippen LogP contribution >= 0.6 is 22.9 Å². The highest BCUT2D eigenvalue weighted by molar-refractivity contribution is 7.10. The monoisotopic (exact) mass is 281 g/mol. The van der Waals surface area contributed by atoms with Gasteiger partial charge >= 0.3 is 0 Å². The molecule has 96 valence electrons. The molecule has 0 aliphatic heterocycles. The van der Waals surface area contributed by atoms with Crippen LogP contribution in [0.15, 0.2) is 35.7 Å². The van der Waals surface area contributed by atoms with Gasteiger partial charge in [0.05, 0.1) is 7.11 Å². The molecule has 1 heterocycles. The van der Waals surface area contributed by atoms with E-state index in [-0.39, 0.29) is 6.04 Å². The lowest BCUT2D eigenvalue weighted by atomic mass is 10.0. The van der Waals surface area contributed by atoms with Crippen LogP contribution in [0.4, 0.5) is 0 Å². The van der Waals surface area contributed by atoms with Crippen molar-refractivity contribution in [3.63, 3.8) is 0 Å². The Hall–Kier alpha value is -1.03. The molecule has 2 aromatic rings. The summed E-state index contributed by atoms with van der Waals surface area (Å²) >= 11 is 7.72. The molecule has 18 heavy (non-hydrogen) atoms. The van der Waals surface area contributed by atoms with Gasteiger partial charge in [0.25, 0.3) is 0 Å². The van der Waals surface area contributed by atoms with Crippen LogP contribution in [-0.2, 0) is 6.42 Å². The number of halogens is 1. The molecule has 2 rings (SSSR count). The van der Waals surface area contributed by atoms with Gasteiger partial charge in [0, 0.05) is 21.3 Å². The second-order valence-electron chi connectivity index (χ2n) is 4.06. The summed E-state index contributed by atoms with van der Waals surface area (Å²) in [5.41, 5.74) is 1.23. The minimum Gasteiger partial charge on any atom is -0.496 e. The molecule has 0 amide bonds. The largest absolute Gasteiger partial charge is 0.496 e. The first kappa shape index (κ1) is 13.4. The van der Waals surface area contributed by atoms with Crippen molar-refractivity contribution >= 4 is 22.9 Å². The van der Waals surface area contributed by atoms with E-state index in [0.717, 1.165) is 17.2 Å². The quantitative estimate of drug-likeness (QED) is 0.897. The van der Waals surface area contributed by atoms with Crippen LogP contribution in [0.25, 0.3) is 0 Å². The van der Waals surface area contributed by atoms with Crippen molar-refractivity contribution in [1.82, 2.24) is 5.32 Å². The van der Waals surface area contributed by atoms with Gasteiger partial charge in [-0.25, -0.2) is 0 Å². The molecular weight excluding hydrogens is 266 g/mol. The molecule has 1 aromatic heterocycles. The van der Waals surface area contributed by atoms with Crippen LogP contribution in [0.1, 0.15) is 16.5 Å². The predicted octanol–water partition coefficient (Wildman–Crippen LogP) is 3.91. The fourth-order valence-corrected chi connectivity index (χ4v) is 3.05. The standard InChI is InChI=1S/C14H16ClNOS/c1-16-13(14-8-12(17-2)9-18-14)7-10-4-3-5-11(15)6-10/h3-6,8-9,13,16H,7H2,1-2H3. The summed E-state index contributed by atoms with van der Waals surface area (Å²) in [4.78, 5) is 1.27. The zero-order valence-electron chi connectivity index (χ0n) is 10.4. The lowest BCUT2D eigenvalue weighted by Gasteiger charge is -2.14. The average Bonchev–Trinajstić information content (AvgIpc) is 2.84. The summed E-state index contributed by atoms with van der Waals surface area (Å²) in [5.74, 6) is 0.918. The summed E-state index contributed by atoms with van der Waals surface area (Å²) in [6.45, 7) is 0. The Balaban J connectivity index is 2.14. The highest BCUT2D eigenvalue weighted by Crippen LogP contribution is 2.29. The van der Waals surface area contributed by atoms with Crippen molar-refractivity contribution in [1.29, 1.82) is 0 Å². The van der Waals surface area contributed by atoms with Crippen LogP contribution in [0, 0.1) is 0 Å². The molecule has 1 atom stereocenters. The Bertz CT molecular complexity index is 512. The van der Waals surface area contributed by atoms with Gasteiger partial charge in [-0.05, 0) is 37.2 Å². The minimum absolute atomic E-state index is 0.289. The van der Waals surface area contributed by atoms with Crippen molar-refractivity contribution in [3.05, 3.63) is 51.2 Å². The van der Waals surface area contributed by atoms with Gasteiger partial charge in [-0.15, -0.1) is 11.3 Å². The minimum atomic E-state index is 0.289. The molecule has 0 fully saturated rings. The van der Waals surface area contributed by atoms with E-state index in [1.807, 2.05) is 30.6 Å². The SMILES string of the molecule is CNC(Cc1cccc(Cl)c1)c1cc(OC)cs1. The van der Waals surface area contributed by atoms with E-state index >= 15 is 0 Å². The Morgan fingerprint density at radius 3 is 2.83 bits per heavy atom. The molecule has 1 aromatic carbocycles. The van der Waals surface area contributed by atoms with E-state index in [2.05, 4.69) is 17.4 Å². The Morgan fingerprint density at radius 1 is 1.39 bits per heavy atom. The second kappa shape index (κ2) is 6.23. The molecule has 0 saturated heterocycles. The number of methoxy groups -OCH3 is 1. The molecule has 4 heteroatoms. The van der Waals surface area contributed by atoms with Crippen molar-refractivity contribution in [2.75, 3.05) is 14.2 Å². The van der Waals surface area contributed by atoms with Crippen LogP contribution in [0.5, 0.6) is 5.75 Å². The van der Waals surface area contributed by atoms with E-state index in [0.29, 0.717) is 0 Å². The van der Waals surface area contributed by atoms with Gasteiger partial charge in [-0.3, -0.25) is 0 Å². The molecular formula is C14H16ClNOS. The molecule has 0 saturated carbocycles. The number of benzene rings is 1. The summed E-state index contributed by atoms with van der Waals surface area (Å²) < 4.78 is 5.22. The molecule has 0 bridgehead atoms. The number of hydrogen-bond donors (Lipinski definition) is 1. The van der Waals surface area contributed by atoms with E-state index in [1.165, 1.54) is 10.4 Å². The number of nitrogens with one attached hydrogen (secondary N) is 1. The maximum Gasteiger partial charge on any atom is 0.129 e. The Kier molecular flexibility index (Phi) is 4.64. The van der Waals surface area contributed by atoms with Crippen LogP contribution in [0.2, 0.25) is 5.02 Å². The van der Waals surface area contributed by atoms with Crippen molar-refractivity contribution < 1.29 is 4.74 Å². The third kappa shape index (κ3) is 3.25. The lowest BCUT2D eigenvalue weighted by molar-refractivity contribution is 0.416. The molecule has 2 nitrogen and oxygen atoms in total. The van der Waals surface area contributed by atoms with E-state index in [9.17, 15) is 0 Å². The highest BCUT2D eigenvalue weighted by atomic mass is 35.5. The normalized spacial score (nSPS) is 12.4. The third-order valence-corrected chi connectivity index (χ3v) is 4.11. The van der Waals surface area contributed by atoms with Crippen LogP contribution < -0.4 is 10.1 Å². The van der Waals surface area contributed by atoms with Crippen LogP contribution in [-0.4, -0.2) is 14.2 Å². The van der Waals surface area contributed by atoms with Gasteiger partial charge in [0.15, 0.2) is 0 Å². The molecule has 0 radical (unpaired) electrons. The van der Waals surface area contributed by atoms with Gasteiger partial charge in [-0.2, -0.15) is 0 Å². The van der Waals surface area contributed by atoms with Crippen molar-refractivity contribution in [3.8, 4) is 5.75 Å². The van der Waals surface area contributed by atoms with Gasteiger partial charge in [-0.1, -0.05) is 23.7 Å². The lowest BCUT2D eigenvalue weighted by Crippen LogP contribution is -2.17. The summed E-state index contributed by atoms with van der Waals surface area (Å²) in [6, 6.07) is 10.4. The summed E-state index contributed by atoms with van der Waals surface area (Å²) in [5, 5.41) is 6.14. The van der Waals surface area contributed by atoms with Crippen LogP contribution in [0.3, 0.4) is 0 Å². The topological polar surface area (TPSA) is 21.3 Å². The predicted molar refractivity (Wildman–Crippen MR) is 77.8 cm³/mol. The second-order valence-corrected chi connectivity index (χ2v) is 5.44. The maximum atomic E-state index is 6.01. The Morgan fingerprint density at radius 2 is 2.22 bits per heavy atom. The molecule has 0 aliphatic carbocycles. The van der Waals surface area contributed by atoms with E-state index in [1.54, 1.807) is 18.4 Å². The molecule has 0 spiro atoms. The number of rotatable bonds is 5. The van der Waals surface area contributed by atoms with Gasteiger partial charge in [0.2, 0.25) is 0 Å². The number of thiophene rings is 1. The summed E-state index contributed by atoms with van der Waals surface area (Å²) in [6.07, 6.45) is 0.917. The van der Waals surface area contributed by atoms with Gasteiger partial charge < -0.3 is 10.1 Å². The molecule has 0 aliphatic rings. The number of hydrogen-bond acceptors (Lipinski definition) is 3. The fourth-order valence-electron chi connectivity index (χ4n) is 1.87. The zero-order valence-corrected chi connectivity index (χ0v) is 12.0.